The fraction of sp³-hybridized carbons (Fsp3) is 0.533. The van der Waals surface area contributed by atoms with Gasteiger partial charge in [-0.3, -0.25) is 4.79 Å². The summed E-state index contributed by atoms with van der Waals surface area (Å²) in [5.41, 5.74) is 0. The van der Waals surface area contributed by atoms with E-state index in [-0.39, 0.29) is 15.7 Å². The molecule has 0 aliphatic carbocycles. The van der Waals surface area contributed by atoms with Gasteiger partial charge in [-0.1, -0.05) is 11.6 Å². The lowest BCUT2D eigenvalue weighted by atomic mass is 10.3. The normalized spacial score (nSPS) is 12.7. The number of rotatable bonds is 10. The number of carbonyl (C=O) groups is 1. The number of methoxy groups -OCH3 is 1. The fourth-order valence-electron chi connectivity index (χ4n) is 1.89. The van der Waals surface area contributed by atoms with Gasteiger partial charge in [0.05, 0.1) is 13.2 Å². The van der Waals surface area contributed by atoms with Crippen molar-refractivity contribution in [1.82, 2.24) is 10.0 Å². The zero-order chi connectivity index (χ0) is 18.2. The first-order chi connectivity index (χ1) is 11.3. The molecule has 0 aliphatic rings. The summed E-state index contributed by atoms with van der Waals surface area (Å²) in [5, 5.41) is 2.91. The summed E-state index contributed by atoms with van der Waals surface area (Å²) >= 11 is 5.85. The Morgan fingerprint density at radius 1 is 1.38 bits per heavy atom. The van der Waals surface area contributed by atoms with E-state index < -0.39 is 22.0 Å². The maximum absolute atomic E-state index is 12.4. The van der Waals surface area contributed by atoms with Gasteiger partial charge in [0.15, 0.2) is 0 Å². The molecular weight excluding hydrogens is 356 g/mol. The number of carbonyl (C=O) groups excluding carboxylic acids is 1. The molecule has 1 amide bonds. The Labute approximate surface area is 147 Å². The van der Waals surface area contributed by atoms with E-state index in [1.807, 2.05) is 6.92 Å². The number of benzene rings is 1. The first kappa shape index (κ1) is 20.7. The van der Waals surface area contributed by atoms with Gasteiger partial charge in [-0.05, 0) is 38.5 Å². The Hall–Kier alpha value is -1.35. The zero-order valence-corrected chi connectivity index (χ0v) is 15.5. The average molecular weight is 379 g/mol. The quantitative estimate of drug-likeness (QED) is 0.602. The lowest BCUT2D eigenvalue weighted by Crippen LogP contribution is -2.45. The number of halogens is 1. The topological polar surface area (TPSA) is 93.7 Å². The molecule has 0 bridgehead atoms. The summed E-state index contributed by atoms with van der Waals surface area (Å²) in [6.45, 7) is 4.92. The van der Waals surface area contributed by atoms with Crippen LogP contribution in [0.3, 0.4) is 0 Å². The van der Waals surface area contributed by atoms with E-state index in [1.54, 1.807) is 0 Å². The number of amides is 1. The molecule has 0 saturated carbocycles. The van der Waals surface area contributed by atoms with Gasteiger partial charge in [0.1, 0.15) is 10.6 Å². The third kappa shape index (κ3) is 6.27. The van der Waals surface area contributed by atoms with Crippen LogP contribution >= 0.6 is 11.6 Å². The first-order valence-corrected chi connectivity index (χ1v) is 9.39. The molecule has 0 unspecified atom stereocenters. The molecule has 7 nitrogen and oxygen atoms in total. The molecule has 2 N–H and O–H groups in total. The highest BCUT2D eigenvalue weighted by atomic mass is 35.5. The second-order valence-electron chi connectivity index (χ2n) is 4.98. The summed E-state index contributed by atoms with van der Waals surface area (Å²) in [7, 11) is -2.60. The molecule has 24 heavy (non-hydrogen) atoms. The van der Waals surface area contributed by atoms with Crippen molar-refractivity contribution in [2.24, 2.45) is 0 Å². The van der Waals surface area contributed by atoms with Crippen molar-refractivity contribution < 1.29 is 22.7 Å². The van der Waals surface area contributed by atoms with Gasteiger partial charge in [0.25, 0.3) is 0 Å². The zero-order valence-electron chi connectivity index (χ0n) is 14.0. The molecule has 9 heteroatoms. The SMILES string of the molecule is CCOCCCNC(=O)[C@H](C)NS(=O)(=O)c1cc(Cl)ccc1OC. The second kappa shape index (κ2) is 9.83. The highest BCUT2D eigenvalue weighted by Gasteiger charge is 2.25. The fourth-order valence-corrected chi connectivity index (χ4v) is 3.53. The third-order valence-electron chi connectivity index (χ3n) is 3.11. The summed E-state index contributed by atoms with van der Waals surface area (Å²) < 4.78 is 37.4. The molecule has 0 fully saturated rings. The van der Waals surface area contributed by atoms with Crippen LogP contribution in [-0.4, -0.2) is 47.2 Å². The van der Waals surface area contributed by atoms with Gasteiger partial charge in [-0.15, -0.1) is 0 Å². The van der Waals surface area contributed by atoms with E-state index in [9.17, 15) is 13.2 Å². The van der Waals surface area contributed by atoms with Crippen LogP contribution in [-0.2, 0) is 19.6 Å². The van der Waals surface area contributed by atoms with Crippen LogP contribution in [0.15, 0.2) is 23.1 Å². The minimum absolute atomic E-state index is 0.117. The predicted molar refractivity (Wildman–Crippen MR) is 91.9 cm³/mol. The Morgan fingerprint density at radius 2 is 2.08 bits per heavy atom. The molecular formula is C15H23ClN2O5S. The minimum atomic E-state index is -3.95. The minimum Gasteiger partial charge on any atom is -0.495 e. The highest BCUT2D eigenvalue weighted by molar-refractivity contribution is 7.89. The molecule has 0 saturated heterocycles. The molecule has 0 radical (unpaired) electrons. The molecule has 1 rings (SSSR count). The molecule has 0 aromatic heterocycles. The van der Waals surface area contributed by atoms with Gasteiger partial charge in [-0.25, -0.2) is 8.42 Å². The van der Waals surface area contributed by atoms with Crippen molar-refractivity contribution in [1.29, 1.82) is 0 Å². The maximum Gasteiger partial charge on any atom is 0.245 e. The maximum atomic E-state index is 12.4. The number of sulfonamides is 1. The van der Waals surface area contributed by atoms with Gasteiger partial charge in [0.2, 0.25) is 15.9 Å². The number of hydrogen-bond acceptors (Lipinski definition) is 5. The Kier molecular flexibility index (Phi) is 8.47. The molecule has 1 atom stereocenters. The van der Waals surface area contributed by atoms with Crippen LogP contribution in [0, 0.1) is 0 Å². The van der Waals surface area contributed by atoms with Crippen molar-refractivity contribution in [3.8, 4) is 5.75 Å². The van der Waals surface area contributed by atoms with E-state index in [0.717, 1.165) is 0 Å². The van der Waals surface area contributed by atoms with E-state index >= 15 is 0 Å². The lowest BCUT2D eigenvalue weighted by Gasteiger charge is -2.16. The predicted octanol–water partition coefficient (Wildman–Crippen LogP) is 1.56. The van der Waals surface area contributed by atoms with Crippen LogP contribution < -0.4 is 14.8 Å². The monoisotopic (exact) mass is 378 g/mol. The lowest BCUT2D eigenvalue weighted by molar-refractivity contribution is -0.122. The second-order valence-corrected chi connectivity index (χ2v) is 7.10. The van der Waals surface area contributed by atoms with E-state index in [0.29, 0.717) is 26.2 Å². The van der Waals surface area contributed by atoms with E-state index in [4.69, 9.17) is 21.1 Å². The van der Waals surface area contributed by atoms with Gasteiger partial charge in [-0.2, -0.15) is 4.72 Å². The summed E-state index contributed by atoms with van der Waals surface area (Å²) in [4.78, 5) is 11.9. The smallest absolute Gasteiger partial charge is 0.245 e. The van der Waals surface area contributed by atoms with Crippen molar-refractivity contribution in [2.45, 2.75) is 31.2 Å². The van der Waals surface area contributed by atoms with Crippen molar-refractivity contribution in [2.75, 3.05) is 26.9 Å². The average Bonchev–Trinajstić information content (AvgIpc) is 2.54. The van der Waals surface area contributed by atoms with Crippen LogP contribution in [0.2, 0.25) is 5.02 Å². The molecule has 0 heterocycles. The van der Waals surface area contributed by atoms with Crippen molar-refractivity contribution in [3.63, 3.8) is 0 Å². The molecule has 0 spiro atoms. The molecule has 136 valence electrons. The Morgan fingerprint density at radius 3 is 2.71 bits per heavy atom. The van der Waals surface area contributed by atoms with Gasteiger partial charge in [0, 0.05) is 24.8 Å². The highest BCUT2D eigenvalue weighted by Crippen LogP contribution is 2.26. The standard InChI is InChI=1S/C15H23ClN2O5S/c1-4-23-9-5-8-17-15(19)11(2)18-24(20,21)14-10-12(16)6-7-13(14)22-3/h6-7,10-11,18H,4-5,8-9H2,1-3H3,(H,17,19)/t11-/m0/s1. The van der Waals surface area contributed by atoms with Crippen LogP contribution in [0.4, 0.5) is 0 Å². The van der Waals surface area contributed by atoms with Crippen molar-refractivity contribution in [3.05, 3.63) is 23.2 Å². The molecule has 0 aliphatic heterocycles. The summed E-state index contributed by atoms with van der Waals surface area (Å²) in [6.07, 6.45) is 0.654. The largest absolute Gasteiger partial charge is 0.495 e. The number of nitrogens with one attached hydrogen (secondary N) is 2. The van der Waals surface area contributed by atoms with Crippen LogP contribution in [0.5, 0.6) is 5.75 Å². The number of hydrogen-bond donors (Lipinski definition) is 2. The van der Waals surface area contributed by atoms with Crippen molar-refractivity contribution >= 4 is 27.5 Å². The summed E-state index contributed by atoms with van der Waals surface area (Å²) in [6, 6.07) is 3.31. The van der Waals surface area contributed by atoms with Gasteiger partial charge >= 0.3 is 0 Å². The Bertz CT molecular complexity index is 651. The number of ether oxygens (including phenoxy) is 2. The first-order valence-electron chi connectivity index (χ1n) is 7.53. The van der Waals surface area contributed by atoms with Gasteiger partial charge < -0.3 is 14.8 Å². The summed E-state index contributed by atoms with van der Waals surface area (Å²) in [5.74, 6) is -0.271. The van der Waals surface area contributed by atoms with Crippen LogP contribution in [0.25, 0.3) is 0 Å². The molecule has 1 aromatic rings. The Balaban J connectivity index is 2.69. The molecule has 1 aromatic carbocycles. The van der Waals surface area contributed by atoms with E-state index in [1.165, 1.54) is 32.2 Å². The van der Waals surface area contributed by atoms with Crippen LogP contribution in [0.1, 0.15) is 20.3 Å². The third-order valence-corrected chi connectivity index (χ3v) is 4.91. The van der Waals surface area contributed by atoms with E-state index in [2.05, 4.69) is 10.0 Å².